The Kier molecular flexibility index (Phi) is 5.38. The molecule has 0 saturated carbocycles. The molecular formula is C17H27N3O4. The van der Waals surface area contributed by atoms with Gasteiger partial charge in [0, 0.05) is 52.3 Å². The smallest absolute Gasteiger partial charge is 0.251 e. The molecule has 0 aliphatic carbocycles. The number of hydrogen-bond acceptors (Lipinski definition) is 4. The van der Waals surface area contributed by atoms with E-state index in [2.05, 4.69) is 0 Å². The van der Waals surface area contributed by atoms with Crippen molar-refractivity contribution < 1.29 is 19.1 Å². The van der Waals surface area contributed by atoms with E-state index in [4.69, 9.17) is 4.74 Å². The highest BCUT2D eigenvalue weighted by atomic mass is 16.5. The second-order valence-corrected chi connectivity index (χ2v) is 6.89. The Morgan fingerprint density at radius 2 is 1.79 bits per heavy atom. The van der Waals surface area contributed by atoms with Gasteiger partial charge in [0.15, 0.2) is 0 Å². The Hall–Kier alpha value is -1.63. The predicted molar refractivity (Wildman–Crippen MR) is 87.1 cm³/mol. The first-order valence-corrected chi connectivity index (χ1v) is 9.07. The normalized spacial score (nSPS) is 27.9. The van der Waals surface area contributed by atoms with Crippen LogP contribution in [0, 0.1) is 5.92 Å². The maximum absolute atomic E-state index is 12.6. The molecular weight excluding hydrogens is 310 g/mol. The lowest BCUT2D eigenvalue weighted by Gasteiger charge is -2.36. The maximum atomic E-state index is 12.6. The van der Waals surface area contributed by atoms with E-state index in [0.29, 0.717) is 45.8 Å². The van der Waals surface area contributed by atoms with E-state index >= 15 is 0 Å². The summed E-state index contributed by atoms with van der Waals surface area (Å²) >= 11 is 0. The minimum atomic E-state index is -0.290. The minimum absolute atomic E-state index is 0.0600. The van der Waals surface area contributed by atoms with E-state index in [9.17, 15) is 14.4 Å². The summed E-state index contributed by atoms with van der Waals surface area (Å²) in [4.78, 5) is 42.3. The summed E-state index contributed by atoms with van der Waals surface area (Å²) in [6.45, 7) is 6.19. The fraction of sp³-hybridized carbons (Fsp3) is 0.824. The van der Waals surface area contributed by atoms with Gasteiger partial charge in [-0.1, -0.05) is 6.92 Å². The van der Waals surface area contributed by atoms with Gasteiger partial charge in [-0.2, -0.15) is 0 Å². The summed E-state index contributed by atoms with van der Waals surface area (Å²) in [6, 6.07) is 0. The van der Waals surface area contributed by atoms with Crippen molar-refractivity contribution in [3.05, 3.63) is 0 Å². The van der Waals surface area contributed by atoms with Gasteiger partial charge >= 0.3 is 0 Å². The largest absolute Gasteiger partial charge is 0.368 e. The number of ether oxygens (including phenoxy) is 1. The zero-order valence-corrected chi connectivity index (χ0v) is 14.4. The van der Waals surface area contributed by atoms with Gasteiger partial charge in [0.2, 0.25) is 11.8 Å². The van der Waals surface area contributed by atoms with Crippen molar-refractivity contribution in [1.82, 2.24) is 14.7 Å². The number of rotatable bonds is 4. The number of carbonyl (C=O) groups is 3. The lowest BCUT2D eigenvalue weighted by Crippen LogP contribution is -2.54. The van der Waals surface area contributed by atoms with Crippen molar-refractivity contribution in [2.45, 2.75) is 38.7 Å². The van der Waals surface area contributed by atoms with Crippen molar-refractivity contribution in [3.8, 4) is 0 Å². The van der Waals surface area contributed by atoms with E-state index in [-0.39, 0.29) is 29.7 Å². The van der Waals surface area contributed by atoms with Crippen LogP contribution in [0.4, 0.5) is 0 Å². The van der Waals surface area contributed by atoms with Crippen molar-refractivity contribution in [3.63, 3.8) is 0 Å². The van der Waals surface area contributed by atoms with E-state index in [1.54, 1.807) is 4.90 Å². The first kappa shape index (κ1) is 17.2. The fourth-order valence-corrected chi connectivity index (χ4v) is 3.81. The number of amides is 3. The molecule has 0 N–H and O–H groups in total. The van der Waals surface area contributed by atoms with Gasteiger partial charge in [-0.25, -0.2) is 0 Å². The van der Waals surface area contributed by atoms with Gasteiger partial charge < -0.3 is 19.4 Å². The second-order valence-electron chi connectivity index (χ2n) is 6.89. The average Bonchev–Trinajstić information content (AvgIpc) is 3.25. The summed E-state index contributed by atoms with van der Waals surface area (Å²) in [6.07, 6.45) is 2.70. The third kappa shape index (κ3) is 3.55. The van der Waals surface area contributed by atoms with Crippen LogP contribution in [0.1, 0.15) is 32.6 Å². The average molecular weight is 337 g/mol. The lowest BCUT2D eigenvalue weighted by molar-refractivity contribution is -0.147. The molecule has 0 radical (unpaired) electrons. The van der Waals surface area contributed by atoms with Gasteiger partial charge in [-0.3, -0.25) is 14.4 Å². The van der Waals surface area contributed by atoms with Gasteiger partial charge in [-0.15, -0.1) is 0 Å². The van der Waals surface area contributed by atoms with Gasteiger partial charge in [0.1, 0.15) is 6.10 Å². The molecule has 0 aromatic heterocycles. The SMILES string of the molecule is CCCN1CC(C(=O)N2CCN(C(=O)C3CCCO3)CC2)CC1=O. The van der Waals surface area contributed by atoms with Crippen LogP contribution in [-0.4, -0.2) is 84.4 Å². The van der Waals surface area contributed by atoms with Crippen LogP contribution in [0.15, 0.2) is 0 Å². The Labute approximate surface area is 142 Å². The van der Waals surface area contributed by atoms with Gasteiger partial charge in [0.25, 0.3) is 5.91 Å². The molecule has 7 nitrogen and oxygen atoms in total. The summed E-state index contributed by atoms with van der Waals surface area (Å²) < 4.78 is 5.46. The number of piperazine rings is 1. The molecule has 0 bridgehead atoms. The molecule has 0 aromatic carbocycles. The summed E-state index contributed by atoms with van der Waals surface area (Å²) in [5.74, 6) is -0.0113. The molecule has 3 amide bonds. The third-order valence-electron chi connectivity index (χ3n) is 5.17. The van der Waals surface area contributed by atoms with Gasteiger partial charge in [0.05, 0.1) is 5.92 Å². The first-order valence-electron chi connectivity index (χ1n) is 9.07. The number of hydrogen-bond donors (Lipinski definition) is 0. The van der Waals surface area contributed by atoms with Crippen molar-refractivity contribution in [2.75, 3.05) is 45.9 Å². The molecule has 3 heterocycles. The Morgan fingerprint density at radius 3 is 2.38 bits per heavy atom. The van der Waals surface area contributed by atoms with Crippen molar-refractivity contribution >= 4 is 17.7 Å². The van der Waals surface area contributed by atoms with Crippen molar-refractivity contribution in [1.29, 1.82) is 0 Å². The quantitative estimate of drug-likeness (QED) is 0.729. The van der Waals surface area contributed by atoms with E-state index in [1.165, 1.54) is 0 Å². The van der Waals surface area contributed by atoms with E-state index in [0.717, 1.165) is 25.8 Å². The monoisotopic (exact) mass is 337 g/mol. The van der Waals surface area contributed by atoms with Crippen LogP contribution in [0.25, 0.3) is 0 Å². The van der Waals surface area contributed by atoms with Crippen LogP contribution in [0.2, 0.25) is 0 Å². The molecule has 3 rings (SSSR count). The van der Waals surface area contributed by atoms with E-state index in [1.807, 2.05) is 16.7 Å². The third-order valence-corrected chi connectivity index (χ3v) is 5.17. The van der Waals surface area contributed by atoms with Crippen molar-refractivity contribution in [2.24, 2.45) is 5.92 Å². The molecule has 0 spiro atoms. The van der Waals surface area contributed by atoms with Crippen LogP contribution < -0.4 is 0 Å². The maximum Gasteiger partial charge on any atom is 0.251 e. The number of carbonyl (C=O) groups excluding carboxylic acids is 3. The molecule has 3 aliphatic heterocycles. The Bertz CT molecular complexity index is 496. The van der Waals surface area contributed by atoms with Crippen LogP contribution in [0.3, 0.4) is 0 Å². The van der Waals surface area contributed by atoms with Gasteiger partial charge in [-0.05, 0) is 19.3 Å². The molecule has 3 fully saturated rings. The lowest BCUT2D eigenvalue weighted by atomic mass is 10.1. The van der Waals surface area contributed by atoms with Crippen LogP contribution in [-0.2, 0) is 19.1 Å². The zero-order chi connectivity index (χ0) is 17.1. The minimum Gasteiger partial charge on any atom is -0.368 e. The summed E-state index contributed by atoms with van der Waals surface area (Å²) in [7, 11) is 0. The van der Waals surface area contributed by atoms with E-state index < -0.39 is 0 Å². The summed E-state index contributed by atoms with van der Waals surface area (Å²) in [5.41, 5.74) is 0. The molecule has 2 unspecified atom stereocenters. The highest BCUT2D eigenvalue weighted by Crippen LogP contribution is 2.22. The Morgan fingerprint density at radius 1 is 1.12 bits per heavy atom. The topological polar surface area (TPSA) is 70.2 Å². The number of likely N-dealkylation sites (tertiary alicyclic amines) is 1. The second kappa shape index (κ2) is 7.51. The highest BCUT2D eigenvalue weighted by molar-refractivity contribution is 5.89. The van der Waals surface area contributed by atoms with Crippen LogP contribution in [0.5, 0.6) is 0 Å². The first-order chi connectivity index (χ1) is 11.6. The molecule has 24 heavy (non-hydrogen) atoms. The zero-order valence-electron chi connectivity index (χ0n) is 14.4. The standard InChI is InChI=1S/C17H27N3O4/c1-2-5-20-12-13(11-15(20)21)16(22)18-6-8-19(9-7-18)17(23)14-4-3-10-24-14/h13-14H,2-12H2,1H3. The molecule has 0 aromatic rings. The molecule has 3 saturated heterocycles. The molecule has 7 heteroatoms. The van der Waals surface area contributed by atoms with Crippen LogP contribution >= 0.6 is 0 Å². The predicted octanol–water partition coefficient (Wildman–Crippen LogP) is 0.0947. The molecule has 2 atom stereocenters. The molecule has 3 aliphatic rings. The molecule has 134 valence electrons. The highest BCUT2D eigenvalue weighted by Gasteiger charge is 2.38. The fourth-order valence-electron chi connectivity index (χ4n) is 3.81. The summed E-state index contributed by atoms with van der Waals surface area (Å²) in [5, 5.41) is 0. The Balaban J connectivity index is 1.48. The number of nitrogens with zero attached hydrogens (tertiary/aromatic N) is 3.